The molecule has 3 N–H and O–H groups in total. The van der Waals surface area contributed by atoms with Crippen molar-refractivity contribution in [1.29, 1.82) is 0 Å². The molecule has 1 rings (SSSR count). The fourth-order valence-corrected chi connectivity index (χ4v) is 2.21. The van der Waals surface area contributed by atoms with E-state index in [2.05, 4.69) is 0 Å². The molecular weight excluding hydrogens is 276 g/mol. The molecule has 10 heteroatoms. The Hall–Kier alpha value is -1.71. The molecule has 0 aliphatic carbocycles. The van der Waals surface area contributed by atoms with Crippen LogP contribution in [0.2, 0.25) is 5.02 Å². The van der Waals surface area contributed by atoms with E-state index in [4.69, 9.17) is 21.8 Å². The van der Waals surface area contributed by atoms with Crippen molar-refractivity contribution >= 4 is 33.3 Å². The Labute approximate surface area is 99.8 Å². The summed E-state index contributed by atoms with van der Waals surface area (Å²) in [5.74, 6) is -1.59. The molecule has 0 spiro atoms. The molecule has 0 aliphatic heterocycles. The van der Waals surface area contributed by atoms with E-state index in [0.717, 1.165) is 0 Å². The highest BCUT2D eigenvalue weighted by Crippen LogP contribution is 2.29. The van der Waals surface area contributed by atoms with E-state index in [0.29, 0.717) is 12.1 Å². The average Bonchev–Trinajstić information content (AvgIpc) is 2.15. The Morgan fingerprint density at radius 1 is 1.47 bits per heavy atom. The predicted octanol–water partition coefficient (Wildman–Crippen LogP) is 0.594. The highest BCUT2D eigenvalue weighted by Gasteiger charge is 2.24. The molecule has 8 nitrogen and oxygen atoms in total. The molecule has 0 aromatic heterocycles. The summed E-state index contributed by atoms with van der Waals surface area (Å²) < 4.78 is 22.2. The number of nitrogens with zero attached hydrogens (tertiary/aromatic N) is 1. The van der Waals surface area contributed by atoms with Gasteiger partial charge >= 0.3 is 5.97 Å². The monoisotopic (exact) mass is 280 g/mol. The lowest BCUT2D eigenvalue weighted by atomic mass is 10.2. The molecule has 0 saturated carbocycles. The number of nitrogens with two attached hydrogens (primary N) is 1. The van der Waals surface area contributed by atoms with Crippen LogP contribution >= 0.6 is 11.6 Å². The minimum Gasteiger partial charge on any atom is -0.478 e. The van der Waals surface area contributed by atoms with Crippen LogP contribution in [0.5, 0.6) is 0 Å². The fourth-order valence-electron chi connectivity index (χ4n) is 1.05. The molecule has 0 aliphatic rings. The first-order valence-electron chi connectivity index (χ1n) is 3.88. The first-order chi connectivity index (χ1) is 7.64. The van der Waals surface area contributed by atoms with Crippen molar-refractivity contribution in [3.63, 3.8) is 0 Å². The van der Waals surface area contributed by atoms with Gasteiger partial charge in [0, 0.05) is 12.1 Å². The van der Waals surface area contributed by atoms with Crippen molar-refractivity contribution < 1.29 is 23.2 Å². The summed E-state index contributed by atoms with van der Waals surface area (Å²) in [4.78, 5) is 19.5. The van der Waals surface area contributed by atoms with Crippen molar-refractivity contribution in [3.8, 4) is 0 Å². The lowest BCUT2D eigenvalue weighted by molar-refractivity contribution is -0.385. The van der Waals surface area contributed by atoms with Gasteiger partial charge in [-0.3, -0.25) is 10.1 Å². The second-order valence-corrected chi connectivity index (χ2v) is 4.82. The van der Waals surface area contributed by atoms with Crippen LogP contribution < -0.4 is 5.14 Å². The smallest absolute Gasteiger partial charge is 0.337 e. The van der Waals surface area contributed by atoms with E-state index in [1.54, 1.807) is 0 Å². The molecule has 1 aromatic carbocycles. The summed E-state index contributed by atoms with van der Waals surface area (Å²) in [6.07, 6.45) is 0. The van der Waals surface area contributed by atoms with Gasteiger partial charge in [-0.05, 0) is 0 Å². The van der Waals surface area contributed by atoms with Gasteiger partial charge in [-0.1, -0.05) is 11.6 Å². The van der Waals surface area contributed by atoms with Crippen LogP contribution in [0.3, 0.4) is 0 Å². The zero-order valence-electron chi connectivity index (χ0n) is 7.95. The SMILES string of the molecule is NS(=O)(=O)c1cc([N+](=O)[O-])cc(C(=O)O)c1Cl. The molecule has 0 atom stereocenters. The van der Waals surface area contributed by atoms with Gasteiger partial charge in [-0.15, -0.1) is 0 Å². The molecule has 0 fully saturated rings. The van der Waals surface area contributed by atoms with Gasteiger partial charge in [0.25, 0.3) is 5.69 Å². The standard InChI is InChI=1S/C7H5ClN2O6S/c8-6-4(7(11)12)1-3(10(13)14)2-5(6)17(9,15)16/h1-2H,(H,11,12)(H2,9,15,16). The summed E-state index contributed by atoms with van der Waals surface area (Å²) in [5.41, 5.74) is -1.43. The largest absolute Gasteiger partial charge is 0.478 e. The van der Waals surface area contributed by atoms with Gasteiger partial charge in [0.2, 0.25) is 10.0 Å². The van der Waals surface area contributed by atoms with Gasteiger partial charge in [0.1, 0.15) is 4.90 Å². The first-order valence-corrected chi connectivity index (χ1v) is 5.81. The maximum absolute atomic E-state index is 11.1. The highest BCUT2D eigenvalue weighted by atomic mass is 35.5. The van der Waals surface area contributed by atoms with Gasteiger partial charge in [0.05, 0.1) is 15.5 Å². The number of nitro benzene ring substituents is 1. The molecule has 0 heterocycles. The second-order valence-electron chi connectivity index (χ2n) is 2.91. The topological polar surface area (TPSA) is 141 Å². The van der Waals surface area contributed by atoms with Gasteiger partial charge in [-0.25, -0.2) is 18.4 Å². The lowest BCUT2D eigenvalue weighted by Gasteiger charge is -2.04. The second kappa shape index (κ2) is 4.28. The van der Waals surface area contributed by atoms with Crippen molar-refractivity contribution in [3.05, 3.63) is 32.8 Å². The third kappa shape index (κ3) is 2.70. The van der Waals surface area contributed by atoms with Crippen molar-refractivity contribution in [2.75, 3.05) is 0 Å². The summed E-state index contributed by atoms with van der Waals surface area (Å²) in [5, 5.41) is 23.3. The van der Waals surface area contributed by atoms with Gasteiger partial charge in [-0.2, -0.15) is 0 Å². The van der Waals surface area contributed by atoms with Crippen molar-refractivity contribution in [1.82, 2.24) is 0 Å². The molecule has 0 bridgehead atoms. The fraction of sp³-hybridized carbons (Fsp3) is 0. The van der Waals surface area contributed by atoms with E-state index in [9.17, 15) is 23.3 Å². The number of rotatable bonds is 3. The maximum atomic E-state index is 11.1. The summed E-state index contributed by atoms with van der Waals surface area (Å²) in [6, 6.07) is 1.25. The number of carboxylic acid groups (broad SMARTS) is 1. The van der Waals surface area contributed by atoms with Crippen LogP contribution in [0.4, 0.5) is 5.69 Å². The normalized spacial score (nSPS) is 11.2. The van der Waals surface area contributed by atoms with Crippen LogP contribution in [0.15, 0.2) is 17.0 Å². The Kier molecular flexibility index (Phi) is 3.36. The van der Waals surface area contributed by atoms with Crippen molar-refractivity contribution in [2.24, 2.45) is 5.14 Å². The third-order valence-electron chi connectivity index (χ3n) is 1.77. The molecule has 1 aromatic rings. The molecule has 0 saturated heterocycles. The number of hydrogen-bond acceptors (Lipinski definition) is 5. The van der Waals surface area contributed by atoms with E-state index in [-0.39, 0.29) is 0 Å². The van der Waals surface area contributed by atoms with Crippen LogP contribution in [0, 0.1) is 10.1 Å². The zero-order valence-corrected chi connectivity index (χ0v) is 9.53. The minimum absolute atomic E-state index is 0.601. The number of benzene rings is 1. The van der Waals surface area contributed by atoms with Gasteiger partial charge in [0.15, 0.2) is 0 Å². The van der Waals surface area contributed by atoms with Gasteiger partial charge < -0.3 is 5.11 Å². The van der Waals surface area contributed by atoms with E-state index < -0.39 is 42.1 Å². The molecule has 92 valence electrons. The van der Waals surface area contributed by atoms with Crippen LogP contribution in [-0.2, 0) is 10.0 Å². The summed E-state index contributed by atoms with van der Waals surface area (Å²) in [6.45, 7) is 0. The number of sulfonamides is 1. The quantitative estimate of drug-likeness (QED) is 0.613. The molecule has 0 unspecified atom stereocenters. The summed E-state index contributed by atoms with van der Waals surface area (Å²) >= 11 is 5.50. The molecule has 17 heavy (non-hydrogen) atoms. The average molecular weight is 281 g/mol. The van der Waals surface area contributed by atoms with Crippen molar-refractivity contribution in [2.45, 2.75) is 4.90 Å². The predicted molar refractivity (Wildman–Crippen MR) is 56.4 cm³/mol. The Balaban J connectivity index is 3.73. The van der Waals surface area contributed by atoms with E-state index >= 15 is 0 Å². The number of carbonyl (C=O) groups is 1. The Morgan fingerprint density at radius 2 is 2.00 bits per heavy atom. The number of hydrogen-bond donors (Lipinski definition) is 2. The zero-order chi connectivity index (χ0) is 13.4. The van der Waals surface area contributed by atoms with E-state index in [1.807, 2.05) is 0 Å². The van der Waals surface area contributed by atoms with Crippen LogP contribution in [0.1, 0.15) is 10.4 Å². The maximum Gasteiger partial charge on any atom is 0.337 e. The number of nitro groups is 1. The molecule has 0 radical (unpaired) electrons. The number of non-ortho nitro benzene ring substituents is 1. The van der Waals surface area contributed by atoms with E-state index in [1.165, 1.54) is 0 Å². The number of carboxylic acids is 1. The lowest BCUT2D eigenvalue weighted by Crippen LogP contribution is -2.15. The van der Waals surface area contributed by atoms with Crippen LogP contribution in [0.25, 0.3) is 0 Å². The molecular formula is C7H5ClN2O6S. The number of primary sulfonamides is 1. The Bertz CT molecular complexity index is 611. The highest BCUT2D eigenvalue weighted by molar-refractivity contribution is 7.89. The molecule has 0 amide bonds. The number of halogens is 1. The number of aromatic carboxylic acids is 1. The third-order valence-corrected chi connectivity index (χ3v) is 3.23. The van der Waals surface area contributed by atoms with Crippen LogP contribution in [-0.4, -0.2) is 24.4 Å². The minimum atomic E-state index is -4.35. The Morgan fingerprint density at radius 3 is 2.35 bits per heavy atom. The first kappa shape index (κ1) is 13.4. The summed E-state index contributed by atoms with van der Waals surface area (Å²) in [7, 11) is -4.35.